The quantitative estimate of drug-likeness (QED) is 0.426. The topological polar surface area (TPSA) is 86.7 Å². The number of aliphatic carboxylic acids is 1. The average molecular weight is 337 g/mol. The molecule has 0 saturated carbocycles. The summed E-state index contributed by atoms with van der Waals surface area (Å²) < 4.78 is -0.548. The molecule has 0 aromatic heterocycles. The Balaban J connectivity index is 0.00000242. The number of hydrogen-bond acceptors (Lipinski definition) is 4. The summed E-state index contributed by atoms with van der Waals surface area (Å²) in [7, 11) is 0. The van der Waals surface area contributed by atoms with Crippen molar-refractivity contribution in [1.29, 1.82) is 0 Å². The fraction of sp³-hybridized carbons (Fsp3) is 0.786. The molecule has 2 N–H and O–H groups in total. The molecule has 2 aliphatic rings. The first-order valence-corrected chi connectivity index (χ1v) is 8.19. The van der Waals surface area contributed by atoms with Gasteiger partial charge in [-0.25, -0.2) is 4.79 Å². The molecule has 2 aliphatic heterocycles. The van der Waals surface area contributed by atoms with Crippen LogP contribution in [0.2, 0.25) is 0 Å². The Labute approximate surface area is 157 Å². The van der Waals surface area contributed by atoms with Crippen LogP contribution in [0.25, 0.3) is 0 Å². The number of nitrogens with one attached hydrogen (secondary N) is 1. The number of amides is 2. The molecule has 0 unspecified atom stereocenters. The van der Waals surface area contributed by atoms with Crippen LogP contribution >= 0.6 is 11.8 Å². The summed E-state index contributed by atoms with van der Waals surface area (Å²) in [6, 6.07) is -1.40. The molecular formula is C14H22N2NaO4S. The van der Waals surface area contributed by atoms with E-state index in [1.807, 2.05) is 13.8 Å². The van der Waals surface area contributed by atoms with E-state index in [-0.39, 0.29) is 46.7 Å². The average Bonchev–Trinajstić information content (AvgIpc) is 2.65. The Morgan fingerprint density at radius 3 is 2.55 bits per heavy atom. The van der Waals surface area contributed by atoms with E-state index in [2.05, 4.69) is 12.2 Å². The zero-order valence-corrected chi connectivity index (χ0v) is 16.4. The van der Waals surface area contributed by atoms with Crippen molar-refractivity contribution in [3.05, 3.63) is 0 Å². The van der Waals surface area contributed by atoms with Crippen molar-refractivity contribution >= 4 is 59.1 Å². The van der Waals surface area contributed by atoms with E-state index in [9.17, 15) is 19.5 Å². The van der Waals surface area contributed by atoms with E-state index in [4.69, 9.17) is 0 Å². The Hall–Kier alpha value is -0.240. The second-order valence-corrected chi connectivity index (χ2v) is 7.87. The van der Waals surface area contributed by atoms with Crippen LogP contribution in [0.4, 0.5) is 0 Å². The van der Waals surface area contributed by atoms with Gasteiger partial charge < -0.3 is 15.3 Å². The number of thioether (sulfide) groups is 1. The largest absolute Gasteiger partial charge is 0.480 e. The fourth-order valence-corrected chi connectivity index (χ4v) is 4.55. The van der Waals surface area contributed by atoms with Gasteiger partial charge in [0.15, 0.2) is 0 Å². The minimum Gasteiger partial charge on any atom is -0.480 e. The fourth-order valence-electron chi connectivity index (χ4n) is 2.93. The Bertz CT molecular complexity index is 472. The summed E-state index contributed by atoms with van der Waals surface area (Å²) in [5.41, 5.74) is 0. The minimum atomic E-state index is -0.990. The summed E-state index contributed by atoms with van der Waals surface area (Å²) in [5, 5.41) is 11.8. The van der Waals surface area contributed by atoms with Crippen LogP contribution in [0.15, 0.2) is 0 Å². The Morgan fingerprint density at radius 1 is 1.36 bits per heavy atom. The third kappa shape index (κ3) is 3.63. The van der Waals surface area contributed by atoms with Crippen molar-refractivity contribution in [2.45, 2.75) is 68.7 Å². The van der Waals surface area contributed by atoms with Gasteiger partial charge in [-0.2, -0.15) is 0 Å². The summed E-state index contributed by atoms with van der Waals surface area (Å²) in [5.74, 6) is -1.40. The van der Waals surface area contributed by atoms with Gasteiger partial charge in [0, 0.05) is 40.7 Å². The second-order valence-electron chi connectivity index (χ2n) is 6.10. The zero-order chi connectivity index (χ0) is 15.8. The first-order chi connectivity index (χ1) is 9.79. The van der Waals surface area contributed by atoms with E-state index in [0.717, 1.165) is 19.3 Å². The molecule has 2 amide bonds. The maximum Gasteiger partial charge on any atom is 0.327 e. The number of carbonyl (C=O) groups excluding carboxylic acids is 2. The molecule has 8 heteroatoms. The van der Waals surface area contributed by atoms with Crippen LogP contribution < -0.4 is 5.32 Å². The van der Waals surface area contributed by atoms with E-state index >= 15 is 0 Å². The summed E-state index contributed by atoms with van der Waals surface area (Å²) >= 11 is 1.45. The molecule has 0 spiro atoms. The summed E-state index contributed by atoms with van der Waals surface area (Å²) in [4.78, 5) is 36.7. The normalized spacial score (nSPS) is 28.4. The number of carbonyl (C=O) groups is 3. The number of carboxylic acids is 1. The number of fused-ring (bicyclic) bond motifs is 1. The molecule has 0 aromatic rings. The molecule has 119 valence electrons. The number of hydrogen-bond donors (Lipinski definition) is 2. The minimum absolute atomic E-state index is 0. The molecule has 2 saturated heterocycles. The van der Waals surface area contributed by atoms with Gasteiger partial charge in [0.05, 0.1) is 0 Å². The summed E-state index contributed by atoms with van der Waals surface area (Å²) in [6.07, 6.45) is 3.26. The molecule has 1 radical (unpaired) electrons. The zero-order valence-electron chi connectivity index (χ0n) is 13.6. The van der Waals surface area contributed by atoms with Gasteiger partial charge in [0.1, 0.15) is 17.5 Å². The van der Waals surface area contributed by atoms with Crippen molar-refractivity contribution in [2.75, 3.05) is 0 Å². The summed E-state index contributed by atoms with van der Waals surface area (Å²) in [6.45, 7) is 5.71. The standard InChI is InChI=1S/C14H22N2O4S.Na/c1-4-5-6-7-8(17)15-9-11(18)16-10(13(19)20)14(2,3)21-12(9)16;/h9-10,12H,4-7H2,1-3H3,(H,15,17)(H,19,20);/t9-,10+,12-;/m1./s1. The Morgan fingerprint density at radius 2 is 2.00 bits per heavy atom. The number of unbranched alkanes of at least 4 members (excludes halogenated alkanes) is 2. The smallest absolute Gasteiger partial charge is 0.327 e. The number of carboxylic acid groups (broad SMARTS) is 1. The molecule has 0 aliphatic carbocycles. The third-order valence-corrected chi connectivity index (χ3v) is 5.57. The van der Waals surface area contributed by atoms with E-state index in [0.29, 0.717) is 6.42 Å². The van der Waals surface area contributed by atoms with Crippen molar-refractivity contribution in [1.82, 2.24) is 10.2 Å². The first-order valence-electron chi connectivity index (χ1n) is 7.31. The number of β-lactam (4-membered cyclic amide) rings is 1. The van der Waals surface area contributed by atoms with Crippen LogP contribution in [0.5, 0.6) is 0 Å². The first kappa shape index (κ1) is 19.8. The maximum atomic E-state index is 12.1. The van der Waals surface area contributed by atoms with Crippen molar-refractivity contribution in [3.8, 4) is 0 Å². The SMILES string of the molecule is CCCCCC(=O)N[C@@H]1C(=O)N2[C@@H]1SC(C)(C)[C@@H]2C(=O)O.[Na]. The van der Waals surface area contributed by atoms with Gasteiger partial charge in [-0.1, -0.05) is 19.8 Å². The third-order valence-electron chi connectivity index (χ3n) is 4.00. The molecule has 2 fully saturated rings. The van der Waals surface area contributed by atoms with Gasteiger partial charge in [-0.3, -0.25) is 9.59 Å². The van der Waals surface area contributed by atoms with Crippen LogP contribution in [0.1, 0.15) is 46.5 Å². The molecule has 6 nitrogen and oxygen atoms in total. The molecule has 22 heavy (non-hydrogen) atoms. The monoisotopic (exact) mass is 337 g/mol. The van der Waals surface area contributed by atoms with Crippen molar-refractivity contribution < 1.29 is 19.5 Å². The van der Waals surface area contributed by atoms with Gasteiger partial charge in [0.25, 0.3) is 0 Å². The number of rotatable bonds is 6. The molecule has 0 bridgehead atoms. The number of nitrogens with zero attached hydrogens (tertiary/aromatic N) is 1. The van der Waals surface area contributed by atoms with Crippen molar-refractivity contribution in [3.63, 3.8) is 0 Å². The van der Waals surface area contributed by atoms with Gasteiger partial charge >= 0.3 is 5.97 Å². The van der Waals surface area contributed by atoms with Crippen LogP contribution in [-0.4, -0.2) is 79.6 Å². The molecule has 0 aromatic carbocycles. The van der Waals surface area contributed by atoms with E-state index in [1.165, 1.54) is 16.7 Å². The predicted octanol–water partition coefficient (Wildman–Crippen LogP) is 0.818. The molecule has 3 atom stereocenters. The van der Waals surface area contributed by atoms with E-state index in [1.54, 1.807) is 0 Å². The van der Waals surface area contributed by atoms with E-state index < -0.39 is 22.8 Å². The molecular weight excluding hydrogens is 315 g/mol. The Kier molecular flexibility index (Phi) is 6.80. The van der Waals surface area contributed by atoms with Gasteiger partial charge in [-0.15, -0.1) is 11.8 Å². The van der Waals surface area contributed by atoms with Crippen LogP contribution in [-0.2, 0) is 14.4 Å². The van der Waals surface area contributed by atoms with Crippen molar-refractivity contribution in [2.24, 2.45) is 0 Å². The predicted molar refractivity (Wildman–Crippen MR) is 85.6 cm³/mol. The maximum absolute atomic E-state index is 12.1. The molecule has 2 heterocycles. The van der Waals surface area contributed by atoms with Gasteiger partial charge in [-0.05, 0) is 20.3 Å². The molecule has 2 rings (SSSR count). The van der Waals surface area contributed by atoms with Crippen LogP contribution in [0, 0.1) is 0 Å². The van der Waals surface area contributed by atoms with Gasteiger partial charge in [0.2, 0.25) is 11.8 Å². The van der Waals surface area contributed by atoms with Crippen LogP contribution in [0.3, 0.4) is 0 Å². The second kappa shape index (κ2) is 7.55.